The maximum absolute atomic E-state index is 2.55. The molecule has 0 amide bonds. The van der Waals surface area contributed by atoms with Crippen molar-refractivity contribution in [2.45, 2.75) is 110 Å². The van der Waals surface area contributed by atoms with Crippen LogP contribution >= 0.6 is 7.92 Å². The summed E-state index contributed by atoms with van der Waals surface area (Å²) < 4.78 is 0. The first-order chi connectivity index (χ1) is 10.7. The molecule has 1 unspecified atom stereocenters. The highest BCUT2D eigenvalue weighted by Gasteiger charge is 2.32. The van der Waals surface area contributed by atoms with E-state index in [-0.39, 0.29) is 0 Å². The van der Waals surface area contributed by atoms with Crippen LogP contribution in [0.3, 0.4) is 0 Å². The first-order valence-corrected chi connectivity index (χ1v) is 12.3. The molecule has 0 saturated carbocycles. The van der Waals surface area contributed by atoms with Gasteiger partial charge in [0.1, 0.15) is 6.71 Å². The highest BCUT2D eigenvalue weighted by atomic mass is 31.1. The van der Waals surface area contributed by atoms with Crippen LogP contribution in [0.2, 0.25) is 18.0 Å². The Morgan fingerprint density at radius 3 is 2.09 bits per heavy atom. The van der Waals surface area contributed by atoms with Crippen molar-refractivity contribution < 1.29 is 0 Å². The number of rotatable bonds is 12. The van der Waals surface area contributed by atoms with Gasteiger partial charge in [-0.2, -0.15) is 0 Å². The second-order valence-corrected chi connectivity index (χ2v) is 10.5. The molecule has 2 atom stereocenters. The lowest BCUT2D eigenvalue weighted by Gasteiger charge is -2.34. The Kier molecular flexibility index (Phi) is 12.0. The molecule has 0 radical (unpaired) electrons. The fourth-order valence-corrected chi connectivity index (χ4v) is 7.32. The Hall–Kier alpha value is 0.495. The minimum atomic E-state index is 0.364. The predicted octanol–water partition coefficient (Wildman–Crippen LogP) is 7.70. The highest BCUT2D eigenvalue weighted by Crippen LogP contribution is 2.43. The van der Waals surface area contributed by atoms with Crippen LogP contribution < -0.4 is 0 Å². The Balaban J connectivity index is 2.36. The molecule has 0 nitrogen and oxygen atoms in total. The van der Waals surface area contributed by atoms with E-state index in [1.165, 1.54) is 64.2 Å². The van der Waals surface area contributed by atoms with Crippen LogP contribution in [-0.4, -0.2) is 25.2 Å². The Bertz CT molecular complexity index is 246. The average Bonchev–Trinajstić information content (AvgIpc) is 2.52. The van der Waals surface area contributed by atoms with E-state index in [0.717, 1.165) is 18.3 Å². The third kappa shape index (κ3) is 7.85. The van der Waals surface area contributed by atoms with E-state index >= 15 is 0 Å². The first-order valence-electron chi connectivity index (χ1n) is 10.4. The van der Waals surface area contributed by atoms with E-state index in [1.54, 1.807) is 24.8 Å². The van der Waals surface area contributed by atoms with E-state index in [9.17, 15) is 0 Å². The molecule has 22 heavy (non-hydrogen) atoms. The average molecular weight is 324 g/mol. The van der Waals surface area contributed by atoms with Gasteiger partial charge in [-0.05, 0) is 31.3 Å². The van der Waals surface area contributed by atoms with Gasteiger partial charge in [-0.15, -0.1) is 7.92 Å². The number of hydrogen-bond donors (Lipinski definition) is 0. The third-order valence-electron chi connectivity index (χ3n) is 5.90. The third-order valence-corrected chi connectivity index (χ3v) is 8.74. The molecule has 1 aliphatic rings. The summed E-state index contributed by atoms with van der Waals surface area (Å²) in [6.07, 6.45) is 21.0. The second-order valence-electron chi connectivity index (χ2n) is 7.81. The quantitative estimate of drug-likeness (QED) is 0.255. The molecular weight excluding hydrogens is 282 g/mol. The minimum absolute atomic E-state index is 0.364. The number of unbranched alkanes of at least 4 members (excludes halogenated alkanes) is 2. The summed E-state index contributed by atoms with van der Waals surface area (Å²) in [5.74, 6) is 2.06. The summed E-state index contributed by atoms with van der Waals surface area (Å²) in [5, 5.41) is 0. The largest absolute Gasteiger partial charge is 0.146 e. The van der Waals surface area contributed by atoms with Gasteiger partial charge in [-0.1, -0.05) is 97.0 Å². The molecule has 1 aliphatic heterocycles. The molecule has 1 saturated heterocycles. The van der Waals surface area contributed by atoms with E-state index in [2.05, 4.69) is 27.7 Å². The molecule has 0 spiro atoms. The van der Waals surface area contributed by atoms with Crippen molar-refractivity contribution in [1.29, 1.82) is 0 Å². The van der Waals surface area contributed by atoms with Crippen molar-refractivity contribution in [3.05, 3.63) is 0 Å². The summed E-state index contributed by atoms with van der Waals surface area (Å²) >= 11 is 0. The van der Waals surface area contributed by atoms with Gasteiger partial charge in [0.25, 0.3) is 0 Å². The lowest BCUT2D eigenvalue weighted by Crippen LogP contribution is -2.29. The highest BCUT2D eigenvalue weighted by molar-refractivity contribution is 7.57. The summed E-state index contributed by atoms with van der Waals surface area (Å²) in [6.45, 7) is 10.7. The van der Waals surface area contributed by atoms with Crippen LogP contribution in [0.4, 0.5) is 0 Å². The molecule has 1 heterocycles. The molecular formula is C20H42BP. The summed E-state index contributed by atoms with van der Waals surface area (Å²) in [6, 6.07) is 0. The van der Waals surface area contributed by atoms with E-state index in [0.29, 0.717) is 7.92 Å². The van der Waals surface area contributed by atoms with Gasteiger partial charge in [0.05, 0.1) is 0 Å². The molecule has 1 fully saturated rings. The standard InChI is InChI=1S/C20H42BP/c1-5-8-16-22(17-9-6-2)18-11-15-21-19(4)13-10-14-20(21)12-7-3/h19-20H,5-18H2,1-4H3/t19?,20-/m0/s1. The van der Waals surface area contributed by atoms with Crippen LogP contribution in [0.5, 0.6) is 0 Å². The van der Waals surface area contributed by atoms with Gasteiger partial charge in [0.15, 0.2) is 0 Å². The van der Waals surface area contributed by atoms with Crippen LogP contribution in [0, 0.1) is 0 Å². The van der Waals surface area contributed by atoms with Crippen LogP contribution in [0.1, 0.15) is 91.9 Å². The molecule has 0 bridgehead atoms. The van der Waals surface area contributed by atoms with Crippen LogP contribution in [0.15, 0.2) is 0 Å². The zero-order valence-electron chi connectivity index (χ0n) is 16.1. The maximum atomic E-state index is 2.55. The molecule has 0 aromatic rings. The fraction of sp³-hybridized carbons (Fsp3) is 1.00. The Morgan fingerprint density at radius 2 is 1.50 bits per heavy atom. The normalized spacial score (nSPS) is 22.5. The smallest absolute Gasteiger partial charge is 0.107 e. The zero-order chi connectivity index (χ0) is 16.2. The molecule has 0 aromatic heterocycles. The van der Waals surface area contributed by atoms with Crippen molar-refractivity contribution in [1.82, 2.24) is 0 Å². The van der Waals surface area contributed by atoms with Crippen molar-refractivity contribution in [3.8, 4) is 0 Å². The van der Waals surface area contributed by atoms with Crippen LogP contribution in [-0.2, 0) is 0 Å². The Labute approximate surface area is 143 Å². The minimum Gasteiger partial charge on any atom is -0.107 e. The molecule has 0 N–H and O–H groups in total. The van der Waals surface area contributed by atoms with E-state index < -0.39 is 0 Å². The zero-order valence-corrected chi connectivity index (χ0v) is 17.0. The van der Waals surface area contributed by atoms with Gasteiger partial charge >= 0.3 is 0 Å². The predicted molar refractivity (Wildman–Crippen MR) is 108 cm³/mol. The van der Waals surface area contributed by atoms with Crippen molar-refractivity contribution in [2.75, 3.05) is 18.5 Å². The van der Waals surface area contributed by atoms with E-state index in [1.807, 2.05) is 0 Å². The SMILES string of the molecule is CCCCP(CCCC)CCCB1C(C)CCC[C@@H]1CCC. The maximum Gasteiger partial charge on any atom is 0.146 e. The van der Waals surface area contributed by atoms with E-state index in [4.69, 9.17) is 0 Å². The van der Waals surface area contributed by atoms with Crippen molar-refractivity contribution >= 4 is 14.6 Å². The molecule has 1 rings (SSSR count). The Morgan fingerprint density at radius 1 is 0.864 bits per heavy atom. The molecule has 130 valence electrons. The molecule has 0 aliphatic carbocycles. The monoisotopic (exact) mass is 324 g/mol. The summed E-state index contributed by atoms with van der Waals surface area (Å²) in [4.78, 5) is 0. The fourth-order valence-electron chi connectivity index (χ4n) is 4.49. The van der Waals surface area contributed by atoms with Gasteiger partial charge in [0.2, 0.25) is 0 Å². The van der Waals surface area contributed by atoms with Gasteiger partial charge in [-0.25, -0.2) is 0 Å². The van der Waals surface area contributed by atoms with Gasteiger partial charge in [0, 0.05) is 0 Å². The van der Waals surface area contributed by atoms with Crippen molar-refractivity contribution in [3.63, 3.8) is 0 Å². The number of hydrogen-bond acceptors (Lipinski definition) is 0. The topological polar surface area (TPSA) is 0 Å². The molecule has 0 aromatic carbocycles. The first kappa shape index (κ1) is 20.5. The van der Waals surface area contributed by atoms with Crippen molar-refractivity contribution in [2.24, 2.45) is 0 Å². The van der Waals surface area contributed by atoms with Crippen LogP contribution in [0.25, 0.3) is 0 Å². The lowest BCUT2D eigenvalue weighted by molar-refractivity contribution is 0.538. The summed E-state index contributed by atoms with van der Waals surface area (Å²) in [5.41, 5.74) is 0. The summed E-state index contributed by atoms with van der Waals surface area (Å²) in [7, 11) is 0.364. The second kappa shape index (κ2) is 12.9. The molecule has 2 heteroatoms. The van der Waals surface area contributed by atoms with Gasteiger partial charge in [-0.3, -0.25) is 0 Å². The van der Waals surface area contributed by atoms with Gasteiger partial charge < -0.3 is 0 Å². The lowest BCUT2D eigenvalue weighted by atomic mass is 9.28.